The summed E-state index contributed by atoms with van der Waals surface area (Å²) in [6, 6.07) is 10.2. The van der Waals surface area contributed by atoms with Crippen LogP contribution < -0.4 is 5.32 Å². The van der Waals surface area contributed by atoms with E-state index in [1.54, 1.807) is 51.9 Å². The third-order valence-corrected chi connectivity index (χ3v) is 4.65. The van der Waals surface area contributed by atoms with Crippen molar-refractivity contribution < 1.29 is 9.59 Å². The Morgan fingerprint density at radius 1 is 1.11 bits per heavy atom. The van der Waals surface area contributed by atoms with Gasteiger partial charge in [0, 0.05) is 41.8 Å². The van der Waals surface area contributed by atoms with Crippen LogP contribution in [0.1, 0.15) is 33.5 Å². The molecule has 3 heterocycles. The minimum absolute atomic E-state index is 0.0254. The zero-order chi connectivity index (χ0) is 19.8. The maximum absolute atomic E-state index is 12.6. The number of rotatable bonds is 4. The third kappa shape index (κ3) is 3.05. The summed E-state index contributed by atoms with van der Waals surface area (Å²) in [5.74, 6) is -0.377. The number of benzene rings is 1. The minimum atomic E-state index is -0.352. The Morgan fingerprint density at radius 3 is 2.50 bits per heavy atom. The van der Waals surface area contributed by atoms with Gasteiger partial charge in [0.25, 0.3) is 5.91 Å². The SMILES string of the molecule is CC(=O)c1ccc(NC(=O)c2cc3nccc(-c4cnn(C)c4C)n3n2)cc1. The molecule has 1 aromatic carbocycles. The van der Waals surface area contributed by atoms with E-state index < -0.39 is 0 Å². The van der Waals surface area contributed by atoms with Gasteiger partial charge in [-0.2, -0.15) is 10.2 Å². The molecule has 28 heavy (non-hydrogen) atoms. The summed E-state index contributed by atoms with van der Waals surface area (Å²) >= 11 is 0. The molecule has 0 radical (unpaired) electrons. The van der Waals surface area contributed by atoms with Crippen LogP contribution in [-0.4, -0.2) is 36.1 Å². The second-order valence-electron chi connectivity index (χ2n) is 6.48. The second kappa shape index (κ2) is 6.73. The molecular formula is C20H18N6O2. The molecule has 0 saturated heterocycles. The first-order chi connectivity index (χ1) is 13.4. The van der Waals surface area contributed by atoms with Crippen molar-refractivity contribution in [1.82, 2.24) is 24.4 Å². The fourth-order valence-electron chi connectivity index (χ4n) is 2.94. The van der Waals surface area contributed by atoms with Crippen LogP contribution in [0, 0.1) is 6.92 Å². The number of carbonyl (C=O) groups is 2. The number of Topliss-reactive ketones (excluding diaryl/α,β-unsaturated/α-hetero) is 1. The molecule has 3 aromatic heterocycles. The summed E-state index contributed by atoms with van der Waals surface area (Å²) in [5, 5.41) is 11.5. The van der Waals surface area contributed by atoms with E-state index in [1.165, 1.54) is 6.92 Å². The second-order valence-corrected chi connectivity index (χ2v) is 6.48. The van der Waals surface area contributed by atoms with Crippen molar-refractivity contribution in [1.29, 1.82) is 0 Å². The zero-order valence-electron chi connectivity index (χ0n) is 15.7. The summed E-state index contributed by atoms with van der Waals surface area (Å²) in [4.78, 5) is 28.3. The first kappa shape index (κ1) is 17.6. The highest BCUT2D eigenvalue weighted by Gasteiger charge is 2.16. The Bertz CT molecular complexity index is 1200. The number of fused-ring (bicyclic) bond motifs is 1. The van der Waals surface area contributed by atoms with Crippen LogP contribution in [0.15, 0.2) is 48.8 Å². The first-order valence-electron chi connectivity index (χ1n) is 8.70. The number of hydrogen-bond donors (Lipinski definition) is 1. The smallest absolute Gasteiger partial charge is 0.276 e. The van der Waals surface area contributed by atoms with Gasteiger partial charge < -0.3 is 5.32 Å². The van der Waals surface area contributed by atoms with Crippen LogP contribution >= 0.6 is 0 Å². The van der Waals surface area contributed by atoms with Gasteiger partial charge in [0.2, 0.25) is 0 Å². The average molecular weight is 374 g/mol. The number of nitrogens with one attached hydrogen (secondary N) is 1. The maximum atomic E-state index is 12.6. The number of hydrogen-bond acceptors (Lipinski definition) is 5. The highest BCUT2D eigenvalue weighted by atomic mass is 16.2. The molecule has 4 rings (SSSR count). The van der Waals surface area contributed by atoms with Crippen molar-refractivity contribution in [2.45, 2.75) is 13.8 Å². The lowest BCUT2D eigenvalue weighted by atomic mass is 10.1. The molecule has 140 valence electrons. The van der Waals surface area contributed by atoms with E-state index in [0.717, 1.165) is 17.0 Å². The monoisotopic (exact) mass is 374 g/mol. The summed E-state index contributed by atoms with van der Waals surface area (Å²) in [6.45, 7) is 3.47. The van der Waals surface area contributed by atoms with Gasteiger partial charge in [-0.25, -0.2) is 9.50 Å². The number of aryl methyl sites for hydroxylation is 1. The summed E-state index contributed by atoms with van der Waals surface area (Å²) < 4.78 is 3.42. The average Bonchev–Trinajstić information content (AvgIpc) is 3.26. The van der Waals surface area contributed by atoms with E-state index in [0.29, 0.717) is 16.9 Å². The van der Waals surface area contributed by atoms with Gasteiger partial charge in [-0.3, -0.25) is 14.3 Å². The predicted octanol–water partition coefficient (Wildman–Crippen LogP) is 2.89. The van der Waals surface area contributed by atoms with Crippen LogP contribution in [0.25, 0.3) is 16.9 Å². The van der Waals surface area contributed by atoms with Crippen LogP contribution in [0.5, 0.6) is 0 Å². The lowest BCUT2D eigenvalue weighted by molar-refractivity contribution is 0.101. The van der Waals surface area contributed by atoms with E-state index in [4.69, 9.17) is 0 Å². The largest absolute Gasteiger partial charge is 0.321 e. The number of carbonyl (C=O) groups excluding carboxylic acids is 2. The number of nitrogens with zero attached hydrogens (tertiary/aromatic N) is 5. The van der Waals surface area contributed by atoms with Crippen molar-refractivity contribution in [2.75, 3.05) is 5.32 Å². The van der Waals surface area contributed by atoms with Crippen LogP contribution in [-0.2, 0) is 7.05 Å². The van der Waals surface area contributed by atoms with Crippen molar-refractivity contribution in [3.8, 4) is 11.3 Å². The molecule has 0 saturated carbocycles. The van der Waals surface area contributed by atoms with Gasteiger partial charge in [-0.05, 0) is 44.2 Å². The molecular weight excluding hydrogens is 356 g/mol. The van der Waals surface area contributed by atoms with Crippen molar-refractivity contribution in [2.24, 2.45) is 7.05 Å². The Kier molecular flexibility index (Phi) is 4.23. The van der Waals surface area contributed by atoms with Crippen molar-refractivity contribution >= 4 is 23.0 Å². The topological polar surface area (TPSA) is 94.2 Å². The quantitative estimate of drug-likeness (QED) is 0.554. The molecule has 0 aliphatic rings. The van der Waals surface area contributed by atoms with Gasteiger partial charge in [0.1, 0.15) is 0 Å². The Morgan fingerprint density at radius 2 is 1.86 bits per heavy atom. The Hall–Kier alpha value is -3.81. The molecule has 0 unspecified atom stereocenters. The molecule has 8 nitrogen and oxygen atoms in total. The zero-order valence-corrected chi connectivity index (χ0v) is 15.7. The predicted molar refractivity (Wildman–Crippen MR) is 104 cm³/mol. The normalized spacial score (nSPS) is 11.0. The molecule has 0 fully saturated rings. The fraction of sp³-hybridized carbons (Fsp3) is 0.150. The summed E-state index contributed by atoms with van der Waals surface area (Å²) in [5.41, 5.74) is 4.70. The van der Waals surface area contributed by atoms with Crippen LogP contribution in [0.2, 0.25) is 0 Å². The van der Waals surface area contributed by atoms with Gasteiger partial charge in [-0.1, -0.05) is 0 Å². The molecule has 0 spiro atoms. The summed E-state index contributed by atoms with van der Waals surface area (Å²) in [7, 11) is 1.87. The molecule has 0 atom stereocenters. The maximum Gasteiger partial charge on any atom is 0.276 e. The number of ketones is 1. The number of amides is 1. The molecule has 1 N–H and O–H groups in total. The van der Waals surface area contributed by atoms with E-state index in [2.05, 4.69) is 20.5 Å². The van der Waals surface area contributed by atoms with E-state index >= 15 is 0 Å². The Balaban J connectivity index is 1.66. The standard InChI is InChI=1S/C20H18N6O2/c1-12-16(11-22-25(12)3)18-8-9-21-19-10-17(24-26(18)19)20(28)23-15-6-4-14(5-7-15)13(2)27/h4-11H,1-3H3,(H,23,28). The molecule has 0 aliphatic carbocycles. The summed E-state index contributed by atoms with van der Waals surface area (Å²) in [6.07, 6.45) is 3.45. The molecule has 4 aromatic rings. The Labute approximate surface area is 160 Å². The lowest BCUT2D eigenvalue weighted by Crippen LogP contribution is -2.13. The minimum Gasteiger partial charge on any atom is -0.321 e. The van der Waals surface area contributed by atoms with Crippen molar-refractivity contribution in [3.05, 3.63) is 65.7 Å². The first-order valence-corrected chi connectivity index (χ1v) is 8.70. The highest BCUT2D eigenvalue weighted by molar-refractivity contribution is 6.04. The molecule has 0 bridgehead atoms. The third-order valence-electron chi connectivity index (χ3n) is 4.65. The van der Waals surface area contributed by atoms with Crippen LogP contribution in [0.4, 0.5) is 5.69 Å². The highest BCUT2D eigenvalue weighted by Crippen LogP contribution is 2.23. The van der Waals surface area contributed by atoms with E-state index in [1.807, 2.05) is 20.0 Å². The lowest BCUT2D eigenvalue weighted by Gasteiger charge is -2.04. The molecule has 1 amide bonds. The number of aromatic nitrogens is 5. The van der Waals surface area contributed by atoms with Gasteiger partial charge in [-0.15, -0.1) is 0 Å². The number of anilines is 1. The van der Waals surface area contributed by atoms with Crippen molar-refractivity contribution in [3.63, 3.8) is 0 Å². The van der Waals surface area contributed by atoms with Gasteiger partial charge in [0.15, 0.2) is 17.1 Å². The van der Waals surface area contributed by atoms with Crippen LogP contribution in [0.3, 0.4) is 0 Å². The van der Waals surface area contributed by atoms with Gasteiger partial charge in [0.05, 0.1) is 11.9 Å². The van der Waals surface area contributed by atoms with E-state index in [9.17, 15) is 9.59 Å². The van der Waals surface area contributed by atoms with E-state index in [-0.39, 0.29) is 17.4 Å². The molecule has 0 aliphatic heterocycles. The van der Waals surface area contributed by atoms with Gasteiger partial charge >= 0.3 is 0 Å². The molecule has 8 heteroatoms. The fourth-order valence-corrected chi connectivity index (χ4v) is 2.94.